The quantitative estimate of drug-likeness (QED) is 0.732. The maximum Gasteiger partial charge on any atom is 0.322 e. The van der Waals surface area contributed by atoms with Crippen LogP contribution < -0.4 is 16.0 Å². The van der Waals surface area contributed by atoms with Gasteiger partial charge in [0.25, 0.3) is 5.91 Å². The number of aryl methyl sites for hydroxylation is 2. The van der Waals surface area contributed by atoms with Gasteiger partial charge in [0.1, 0.15) is 6.04 Å². The van der Waals surface area contributed by atoms with E-state index >= 15 is 0 Å². The van der Waals surface area contributed by atoms with Crippen molar-refractivity contribution in [3.8, 4) is 0 Å². The molecule has 4 amide bonds. The highest BCUT2D eigenvalue weighted by atomic mass is 16.2. The third kappa shape index (κ3) is 4.03. The topological polar surface area (TPSA) is 87.3 Å². The molecule has 6 heteroatoms. The number of carbonyl (C=O) groups excluding carboxylic acids is 3. The van der Waals surface area contributed by atoms with Crippen LogP contribution in [0.25, 0.3) is 0 Å². The number of anilines is 1. The van der Waals surface area contributed by atoms with Crippen molar-refractivity contribution in [2.75, 3.05) is 5.32 Å². The van der Waals surface area contributed by atoms with Crippen LogP contribution in [0.15, 0.2) is 48.5 Å². The normalized spacial score (nSPS) is 16.3. The van der Waals surface area contributed by atoms with Crippen molar-refractivity contribution in [1.82, 2.24) is 10.6 Å². The summed E-state index contributed by atoms with van der Waals surface area (Å²) in [6, 6.07) is 13.7. The van der Waals surface area contributed by atoms with Crippen LogP contribution in [-0.2, 0) is 16.0 Å². The molecule has 1 atom stereocenters. The highest BCUT2D eigenvalue weighted by Crippen LogP contribution is 2.20. The monoisotopic (exact) mass is 337 g/mol. The average Bonchev–Trinajstić information content (AvgIpc) is 2.93. The van der Waals surface area contributed by atoms with Crippen molar-refractivity contribution in [1.29, 1.82) is 0 Å². The Kier molecular flexibility index (Phi) is 4.79. The molecule has 1 unspecified atom stereocenters. The molecule has 1 fully saturated rings. The average molecular weight is 337 g/mol. The molecule has 1 heterocycles. The second kappa shape index (κ2) is 7.17. The zero-order chi connectivity index (χ0) is 17.8. The molecule has 2 aromatic carbocycles. The summed E-state index contributed by atoms with van der Waals surface area (Å²) in [4.78, 5) is 35.1. The summed E-state index contributed by atoms with van der Waals surface area (Å²) in [6.45, 7) is 2.03. The minimum absolute atomic E-state index is 0.0969. The molecule has 1 aliphatic heterocycles. The molecular formula is C19H19N3O3. The van der Waals surface area contributed by atoms with Gasteiger partial charge in [-0.3, -0.25) is 14.9 Å². The van der Waals surface area contributed by atoms with Crippen LogP contribution in [0.4, 0.5) is 10.5 Å². The van der Waals surface area contributed by atoms with Crippen molar-refractivity contribution in [2.24, 2.45) is 0 Å². The summed E-state index contributed by atoms with van der Waals surface area (Å²) in [5.74, 6) is -0.492. The zero-order valence-electron chi connectivity index (χ0n) is 13.8. The number of nitrogens with one attached hydrogen (secondary N) is 3. The van der Waals surface area contributed by atoms with E-state index < -0.39 is 18.0 Å². The van der Waals surface area contributed by atoms with E-state index in [1.54, 1.807) is 24.3 Å². The van der Waals surface area contributed by atoms with E-state index in [1.807, 2.05) is 31.2 Å². The summed E-state index contributed by atoms with van der Waals surface area (Å²) >= 11 is 0. The molecule has 0 spiro atoms. The van der Waals surface area contributed by atoms with Crippen molar-refractivity contribution in [2.45, 2.75) is 25.8 Å². The van der Waals surface area contributed by atoms with Gasteiger partial charge in [0.15, 0.2) is 0 Å². The summed E-state index contributed by atoms with van der Waals surface area (Å²) in [5, 5.41) is 7.57. The van der Waals surface area contributed by atoms with Crippen LogP contribution in [0.3, 0.4) is 0 Å². The fraction of sp³-hybridized carbons (Fsp3) is 0.211. The first-order chi connectivity index (χ1) is 12.0. The lowest BCUT2D eigenvalue weighted by atomic mass is 10.0. The number of hydrogen-bond donors (Lipinski definition) is 3. The van der Waals surface area contributed by atoms with Gasteiger partial charge in [-0.25, -0.2) is 4.79 Å². The van der Waals surface area contributed by atoms with Gasteiger partial charge in [-0.1, -0.05) is 36.4 Å². The van der Waals surface area contributed by atoms with E-state index in [0.717, 1.165) is 5.56 Å². The summed E-state index contributed by atoms with van der Waals surface area (Å²) < 4.78 is 0. The Morgan fingerprint density at radius 3 is 2.64 bits per heavy atom. The van der Waals surface area contributed by atoms with Crippen molar-refractivity contribution in [3.63, 3.8) is 0 Å². The molecule has 3 rings (SSSR count). The second-order valence-corrected chi connectivity index (χ2v) is 6.00. The molecular weight excluding hydrogens is 318 g/mol. The summed E-state index contributed by atoms with van der Waals surface area (Å²) in [7, 11) is 0. The Morgan fingerprint density at radius 2 is 1.92 bits per heavy atom. The van der Waals surface area contributed by atoms with E-state index in [9.17, 15) is 14.4 Å². The smallest absolute Gasteiger partial charge is 0.322 e. The van der Waals surface area contributed by atoms with Gasteiger partial charge >= 0.3 is 6.03 Å². The third-order valence-corrected chi connectivity index (χ3v) is 4.16. The first-order valence-electron chi connectivity index (χ1n) is 8.08. The zero-order valence-corrected chi connectivity index (χ0v) is 13.8. The van der Waals surface area contributed by atoms with E-state index in [0.29, 0.717) is 24.1 Å². The molecule has 0 bridgehead atoms. The largest absolute Gasteiger partial charge is 0.326 e. The maximum absolute atomic E-state index is 12.2. The number of hydrogen-bond acceptors (Lipinski definition) is 3. The van der Waals surface area contributed by atoms with E-state index in [-0.39, 0.29) is 5.91 Å². The van der Waals surface area contributed by atoms with Gasteiger partial charge in [-0.15, -0.1) is 0 Å². The van der Waals surface area contributed by atoms with E-state index in [2.05, 4.69) is 16.0 Å². The van der Waals surface area contributed by atoms with Crippen LogP contribution in [0.2, 0.25) is 0 Å². The Hall–Kier alpha value is -3.15. The van der Waals surface area contributed by atoms with Crippen molar-refractivity contribution < 1.29 is 14.4 Å². The number of urea groups is 1. The van der Waals surface area contributed by atoms with E-state index in [4.69, 9.17) is 0 Å². The molecule has 0 aromatic heterocycles. The van der Waals surface area contributed by atoms with Gasteiger partial charge in [0.05, 0.1) is 0 Å². The standard InChI is InChI=1S/C19H19N3O3/c1-12-5-2-3-6-13(12)9-10-16(23)20-15-8-4-7-14(11-15)17-18(24)22-19(25)21-17/h2-8,11,17H,9-10H2,1H3,(H,20,23)(H2,21,22,24,25). The molecule has 6 nitrogen and oxygen atoms in total. The van der Waals surface area contributed by atoms with E-state index in [1.165, 1.54) is 5.56 Å². The minimum atomic E-state index is -0.726. The Morgan fingerprint density at radius 1 is 1.12 bits per heavy atom. The number of imide groups is 1. The first kappa shape index (κ1) is 16.7. The minimum Gasteiger partial charge on any atom is -0.326 e. The molecule has 25 heavy (non-hydrogen) atoms. The van der Waals surface area contributed by atoms with Crippen LogP contribution in [0, 0.1) is 6.92 Å². The lowest BCUT2D eigenvalue weighted by molar-refractivity contribution is -0.120. The van der Waals surface area contributed by atoms with Gasteiger partial charge in [0.2, 0.25) is 5.91 Å². The molecule has 1 aliphatic rings. The van der Waals surface area contributed by atoms with Gasteiger partial charge in [-0.2, -0.15) is 0 Å². The van der Waals surface area contributed by atoms with Crippen LogP contribution in [0.5, 0.6) is 0 Å². The predicted octanol–water partition coefficient (Wildman–Crippen LogP) is 2.45. The van der Waals surface area contributed by atoms with Crippen LogP contribution in [0.1, 0.15) is 29.2 Å². The van der Waals surface area contributed by atoms with Gasteiger partial charge in [-0.05, 0) is 42.2 Å². The Bertz CT molecular complexity index is 832. The molecule has 3 N–H and O–H groups in total. The number of benzene rings is 2. The fourth-order valence-corrected chi connectivity index (χ4v) is 2.81. The van der Waals surface area contributed by atoms with Crippen LogP contribution in [-0.4, -0.2) is 17.8 Å². The van der Waals surface area contributed by atoms with Crippen molar-refractivity contribution in [3.05, 3.63) is 65.2 Å². The van der Waals surface area contributed by atoms with Gasteiger partial charge < -0.3 is 10.6 Å². The number of carbonyl (C=O) groups is 3. The number of amides is 4. The molecule has 0 aliphatic carbocycles. The Labute approximate surface area is 145 Å². The molecule has 1 saturated heterocycles. The first-order valence-corrected chi connectivity index (χ1v) is 8.08. The highest BCUT2D eigenvalue weighted by Gasteiger charge is 2.30. The fourth-order valence-electron chi connectivity index (χ4n) is 2.81. The number of rotatable bonds is 5. The molecule has 0 radical (unpaired) electrons. The Balaban J connectivity index is 1.62. The predicted molar refractivity (Wildman–Crippen MR) is 94.0 cm³/mol. The summed E-state index contributed by atoms with van der Waals surface area (Å²) in [5.41, 5.74) is 3.54. The second-order valence-electron chi connectivity index (χ2n) is 6.00. The van der Waals surface area contributed by atoms with Crippen LogP contribution >= 0.6 is 0 Å². The van der Waals surface area contributed by atoms with Crippen molar-refractivity contribution >= 4 is 23.5 Å². The summed E-state index contributed by atoms with van der Waals surface area (Å²) in [6.07, 6.45) is 1.04. The maximum atomic E-state index is 12.2. The lowest BCUT2D eigenvalue weighted by Gasteiger charge is -2.11. The molecule has 0 saturated carbocycles. The third-order valence-electron chi connectivity index (χ3n) is 4.16. The molecule has 128 valence electrons. The highest BCUT2D eigenvalue weighted by molar-refractivity contribution is 6.04. The lowest BCUT2D eigenvalue weighted by Crippen LogP contribution is -2.22. The molecule has 2 aromatic rings. The van der Waals surface area contributed by atoms with Gasteiger partial charge in [0, 0.05) is 12.1 Å². The SMILES string of the molecule is Cc1ccccc1CCC(=O)Nc1cccc(C2NC(=O)NC2=O)c1.